The molecule has 2 heterocycles. The number of nitrogen functional groups attached to an aromatic ring is 1. The monoisotopic (exact) mass is 526 g/mol. The van der Waals surface area contributed by atoms with E-state index in [0.29, 0.717) is 29.0 Å². The summed E-state index contributed by atoms with van der Waals surface area (Å²) in [5.74, 6) is 0.156. The van der Waals surface area contributed by atoms with Crippen molar-refractivity contribution in [2.45, 2.75) is 32.5 Å². The van der Waals surface area contributed by atoms with Crippen molar-refractivity contribution in [1.82, 2.24) is 15.1 Å². The van der Waals surface area contributed by atoms with Gasteiger partial charge < -0.3 is 10.2 Å². The zero-order valence-corrected chi connectivity index (χ0v) is 21.7. The van der Waals surface area contributed by atoms with Crippen LogP contribution in [0.3, 0.4) is 0 Å². The Morgan fingerprint density at radius 3 is 2.28 bits per heavy atom. The van der Waals surface area contributed by atoms with E-state index < -0.39 is 6.17 Å². The molecule has 0 radical (unpaired) electrons. The molecule has 1 aromatic heterocycles. The normalized spacial score (nSPS) is 14.0. The van der Waals surface area contributed by atoms with Crippen LogP contribution >= 0.6 is 0 Å². The van der Waals surface area contributed by atoms with Gasteiger partial charge in [-0.3, -0.25) is 4.90 Å². The van der Waals surface area contributed by atoms with Gasteiger partial charge in [0.05, 0.1) is 35.5 Å². The van der Waals surface area contributed by atoms with Gasteiger partial charge in [-0.2, -0.15) is 10.5 Å². The van der Waals surface area contributed by atoms with Gasteiger partial charge in [-0.15, -0.1) is 5.10 Å². The Morgan fingerprint density at radius 1 is 0.974 bits per heavy atom. The third kappa shape index (κ3) is 7.04. The Bertz CT molecular complexity index is 1490. The fraction of sp³-hybridized carbons (Fsp3) is 0.267. The molecule has 1 atom stereocenters. The molecule has 39 heavy (non-hydrogen) atoms. The summed E-state index contributed by atoms with van der Waals surface area (Å²) < 4.78 is 30.5. The van der Waals surface area contributed by atoms with Gasteiger partial charge in [-0.1, -0.05) is 29.4 Å². The lowest BCUT2D eigenvalue weighted by Gasteiger charge is -2.45. The molecule has 3 aromatic carbocycles. The highest BCUT2D eigenvalue weighted by atomic mass is 19.1. The Labute approximate surface area is 226 Å². The number of aromatic nitrogens is 2. The van der Waals surface area contributed by atoms with Crippen molar-refractivity contribution in [3.05, 3.63) is 100 Å². The zero-order valence-electron chi connectivity index (χ0n) is 21.7. The number of hydrogen-bond donors (Lipinski definition) is 1. The second-order valence-corrected chi connectivity index (χ2v) is 9.71. The highest BCUT2D eigenvalue weighted by Crippen LogP contribution is 2.36. The quantitative estimate of drug-likeness (QED) is 0.336. The van der Waals surface area contributed by atoms with Crippen molar-refractivity contribution in [1.29, 1.82) is 10.5 Å². The molecule has 1 fully saturated rings. The van der Waals surface area contributed by atoms with E-state index in [-0.39, 0.29) is 23.8 Å². The molecule has 9 heteroatoms. The van der Waals surface area contributed by atoms with Crippen LogP contribution in [-0.4, -0.2) is 34.4 Å². The molecule has 1 saturated heterocycles. The molecule has 2 N–H and O–H groups in total. The smallest absolute Gasteiger partial charge is 0.313 e. The first-order valence-corrected chi connectivity index (χ1v) is 12.5. The lowest BCUT2D eigenvalue weighted by atomic mass is 9.86. The number of anilines is 1. The second-order valence-electron chi connectivity index (χ2n) is 9.71. The molecule has 0 spiro atoms. The molecule has 7 nitrogen and oxygen atoms in total. The van der Waals surface area contributed by atoms with Gasteiger partial charge in [0, 0.05) is 18.7 Å². The first-order valence-electron chi connectivity index (χ1n) is 12.5. The van der Waals surface area contributed by atoms with Crippen LogP contribution < -0.4 is 5.73 Å². The van der Waals surface area contributed by atoms with Crippen molar-refractivity contribution in [2.24, 2.45) is 5.92 Å². The van der Waals surface area contributed by atoms with Gasteiger partial charge in [0.2, 0.25) is 5.89 Å². The Balaban J connectivity index is 0.000000826. The fourth-order valence-electron chi connectivity index (χ4n) is 4.66. The van der Waals surface area contributed by atoms with E-state index in [1.165, 1.54) is 26.0 Å². The SMILES string of the molecule is CC(C)F.N#Cc1ccc(C(c2cccc(C#N)c2)N2CC(Cc3cc(F)cc(-c4nnc(N)o4)c3)C2)cc1. The summed E-state index contributed by atoms with van der Waals surface area (Å²) in [5.41, 5.74) is 10.1. The van der Waals surface area contributed by atoms with E-state index in [9.17, 15) is 14.0 Å². The summed E-state index contributed by atoms with van der Waals surface area (Å²) >= 11 is 0. The Morgan fingerprint density at radius 2 is 1.67 bits per heavy atom. The number of alkyl halides is 1. The topological polar surface area (TPSA) is 116 Å². The van der Waals surface area contributed by atoms with Gasteiger partial charge in [0.1, 0.15) is 5.82 Å². The van der Waals surface area contributed by atoms with Crippen molar-refractivity contribution in [3.8, 4) is 23.6 Å². The highest BCUT2D eigenvalue weighted by Gasteiger charge is 2.34. The van der Waals surface area contributed by atoms with Crippen LogP contribution in [0.25, 0.3) is 11.5 Å². The van der Waals surface area contributed by atoms with Gasteiger partial charge in [-0.05, 0) is 85.3 Å². The zero-order chi connectivity index (χ0) is 27.9. The first-order chi connectivity index (χ1) is 18.7. The summed E-state index contributed by atoms with van der Waals surface area (Å²) in [6, 6.07) is 24.2. The van der Waals surface area contributed by atoms with Crippen LogP contribution in [0.1, 0.15) is 47.7 Å². The molecule has 1 unspecified atom stereocenters. The lowest BCUT2D eigenvalue weighted by molar-refractivity contribution is 0.0688. The van der Waals surface area contributed by atoms with Crippen molar-refractivity contribution in [2.75, 3.05) is 18.8 Å². The maximum Gasteiger partial charge on any atom is 0.313 e. The minimum atomic E-state index is -0.667. The van der Waals surface area contributed by atoms with Crippen LogP contribution in [0.2, 0.25) is 0 Å². The molecule has 0 saturated carbocycles. The molecule has 0 bridgehead atoms. The predicted octanol–water partition coefficient (Wildman–Crippen LogP) is 5.83. The largest absolute Gasteiger partial charge is 0.404 e. The van der Waals surface area contributed by atoms with Gasteiger partial charge in [0.25, 0.3) is 0 Å². The molecule has 198 valence electrons. The Hall–Kier alpha value is -4.60. The molecule has 0 amide bonds. The maximum absolute atomic E-state index is 14.3. The molecule has 4 aromatic rings. The molecule has 5 rings (SSSR count). The minimum absolute atomic E-state index is 0.0447. The number of nitrogens with zero attached hydrogens (tertiary/aromatic N) is 5. The van der Waals surface area contributed by atoms with Gasteiger partial charge >= 0.3 is 6.01 Å². The average molecular weight is 527 g/mol. The standard InChI is InChI=1S/C27H21FN6O.C3H7F/c28-24-11-19(10-23(12-24)26-32-33-27(31)35-26)8-20-15-34(16-20)25(21-6-4-17(13-29)5-7-21)22-3-1-2-18(9-22)14-30;1-3(2)4/h1-7,9-12,20,25H,8,15-16H2,(H2,31,33);3H,1-2H3. The number of nitrogens with two attached hydrogens (primary N) is 1. The Kier molecular flexibility index (Phi) is 8.65. The van der Waals surface area contributed by atoms with Crippen LogP contribution in [0, 0.1) is 34.4 Å². The first kappa shape index (κ1) is 27.4. The highest BCUT2D eigenvalue weighted by molar-refractivity contribution is 5.55. The van der Waals surface area contributed by atoms with Gasteiger partial charge in [-0.25, -0.2) is 8.78 Å². The fourth-order valence-corrected chi connectivity index (χ4v) is 4.66. The van der Waals surface area contributed by atoms with Crippen molar-refractivity contribution in [3.63, 3.8) is 0 Å². The van der Waals surface area contributed by atoms with Crippen LogP contribution in [0.15, 0.2) is 71.1 Å². The molecule has 1 aliphatic rings. The van der Waals surface area contributed by atoms with Crippen molar-refractivity contribution < 1.29 is 13.2 Å². The molecule has 1 aliphatic heterocycles. The summed E-state index contributed by atoms with van der Waals surface area (Å²) in [6.45, 7) is 4.61. The summed E-state index contributed by atoms with van der Waals surface area (Å²) in [4.78, 5) is 2.33. The molecular weight excluding hydrogens is 498 g/mol. The van der Waals surface area contributed by atoms with Crippen LogP contribution in [-0.2, 0) is 6.42 Å². The predicted molar refractivity (Wildman–Crippen MR) is 143 cm³/mol. The third-order valence-electron chi connectivity index (χ3n) is 6.21. The number of nitriles is 2. The maximum atomic E-state index is 14.3. The number of benzene rings is 3. The van der Waals surface area contributed by atoms with Crippen LogP contribution in [0.5, 0.6) is 0 Å². The van der Waals surface area contributed by atoms with Gasteiger partial charge in [0.15, 0.2) is 0 Å². The van der Waals surface area contributed by atoms with E-state index in [1.807, 2.05) is 48.5 Å². The minimum Gasteiger partial charge on any atom is -0.404 e. The summed E-state index contributed by atoms with van der Waals surface area (Å²) in [6.07, 6.45) is 0.0310. The molecule has 0 aliphatic carbocycles. The van der Waals surface area contributed by atoms with Crippen LogP contribution in [0.4, 0.5) is 14.8 Å². The average Bonchev–Trinajstić information content (AvgIpc) is 3.33. The van der Waals surface area contributed by atoms with Crippen molar-refractivity contribution >= 4 is 6.01 Å². The van der Waals surface area contributed by atoms with E-state index in [1.54, 1.807) is 6.07 Å². The van der Waals surface area contributed by atoms with E-state index >= 15 is 0 Å². The number of rotatable bonds is 6. The second kappa shape index (κ2) is 12.3. The number of halogens is 2. The number of hydrogen-bond acceptors (Lipinski definition) is 7. The summed E-state index contributed by atoms with van der Waals surface area (Å²) in [7, 11) is 0. The van der Waals surface area contributed by atoms with E-state index in [2.05, 4.69) is 27.2 Å². The summed E-state index contributed by atoms with van der Waals surface area (Å²) in [5, 5.41) is 26.0. The number of likely N-dealkylation sites (tertiary alicyclic amines) is 1. The third-order valence-corrected chi connectivity index (χ3v) is 6.21. The lowest BCUT2D eigenvalue weighted by Crippen LogP contribution is -2.49. The van der Waals surface area contributed by atoms with E-state index in [0.717, 1.165) is 29.8 Å². The van der Waals surface area contributed by atoms with E-state index in [4.69, 9.17) is 15.4 Å². The molecular formula is C30H28F2N6O.